The van der Waals surface area contributed by atoms with Gasteiger partial charge < -0.3 is 18.9 Å². The molecular weight excluding hydrogens is 432 g/mol. The van der Waals surface area contributed by atoms with Gasteiger partial charge in [-0.1, -0.05) is 11.6 Å². The zero-order valence-corrected chi connectivity index (χ0v) is 20.1. The fourth-order valence-electron chi connectivity index (χ4n) is 3.66. The molecule has 0 N–H and O–H groups in total. The highest BCUT2D eigenvalue weighted by Crippen LogP contribution is 2.23. The second-order valence-corrected chi connectivity index (χ2v) is 7.86. The molecule has 0 aliphatic rings. The van der Waals surface area contributed by atoms with Crippen molar-refractivity contribution in [2.75, 3.05) is 32.9 Å². The highest BCUT2D eigenvalue weighted by Gasteiger charge is 2.28. The van der Waals surface area contributed by atoms with E-state index in [1.54, 1.807) is 56.7 Å². The van der Waals surface area contributed by atoms with Crippen LogP contribution in [0.2, 0.25) is 5.02 Å². The van der Waals surface area contributed by atoms with Gasteiger partial charge in [0.25, 0.3) is 5.91 Å². The Morgan fingerprint density at radius 2 is 1.72 bits per heavy atom. The van der Waals surface area contributed by atoms with Crippen LogP contribution in [0.25, 0.3) is 0 Å². The van der Waals surface area contributed by atoms with Crippen LogP contribution in [0.3, 0.4) is 0 Å². The molecule has 7 nitrogen and oxygen atoms in total. The fourth-order valence-corrected chi connectivity index (χ4v) is 3.78. The lowest BCUT2D eigenvalue weighted by atomic mass is 10.0. The molecule has 0 unspecified atom stereocenters. The zero-order valence-electron chi connectivity index (χ0n) is 19.4. The van der Waals surface area contributed by atoms with Crippen molar-refractivity contribution in [1.82, 2.24) is 9.47 Å². The van der Waals surface area contributed by atoms with E-state index in [4.69, 9.17) is 21.1 Å². The quantitative estimate of drug-likeness (QED) is 0.284. The minimum Gasteiger partial charge on any atom is -0.461 e. The van der Waals surface area contributed by atoms with Crippen molar-refractivity contribution in [2.45, 2.75) is 34.1 Å². The predicted octanol–water partition coefficient (Wildman–Crippen LogP) is 4.22. The van der Waals surface area contributed by atoms with Gasteiger partial charge in [0.15, 0.2) is 5.78 Å². The lowest BCUT2D eigenvalue weighted by Gasteiger charge is -2.22. The van der Waals surface area contributed by atoms with E-state index >= 15 is 0 Å². The normalized spacial score (nSPS) is 10.8. The number of esters is 1. The molecule has 0 fully saturated rings. The van der Waals surface area contributed by atoms with Gasteiger partial charge in [0.2, 0.25) is 0 Å². The number of carbonyl (C=O) groups is 3. The molecule has 0 radical (unpaired) electrons. The number of nitrogens with zero attached hydrogens (tertiary/aromatic N) is 2. The summed E-state index contributed by atoms with van der Waals surface area (Å²) in [5, 5.41) is 0.530. The smallest absolute Gasteiger partial charge is 0.355 e. The van der Waals surface area contributed by atoms with Crippen molar-refractivity contribution in [3.05, 3.63) is 57.4 Å². The molecule has 0 aliphatic heterocycles. The van der Waals surface area contributed by atoms with Gasteiger partial charge in [0.1, 0.15) is 5.69 Å². The maximum absolute atomic E-state index is 13.3. The molecule has 1 aromatic carbocycles. The standard InChI is InChI=1S/C24H31ClN2O5/c1-6-31-14-8-13-27(23(29)18-9-11-19(25)12-10-18)15-20(28)21-16(3)22(24(30)32-7-2)26(5)17(21)4/h9-12H,6-8,13-15H2,1-5H3. The largest absolute Gasteiger partial charge is 0.461 e. The number of carbonyl (C=O) groups excluding carboxylic acids is 3. The number of halogens is 1. The molecule has 32 heavy (non-hydrogen) atoms. The van der Waals surface area contributed by atoms with Crippen molar-refractivity contribution in [3.63, 3.8) is 0 Å². The molecule has 1 heterocycles. The molecule has 8 heteroatoms. The Morgan fingerprint density at radius 1 is 1.06 bits per heavy atom. The maximum Gasteiger partial charge on any atom is 0.355 e. The van der Waals surface area contributed by atoms with E-state index < -0.39 is 5.97 Å². The summed E-state index contributed by atoms with van der Waals surface area (Å²) in [7, 11) is 1.73. The van der Waals surface area contributed by atoms with Crippen LogP contribution in [0, 0.1) is 13.8 Å². The first-order valence-corrected chi connectivity index (χ1v) is 11.1. The Bertz CT molecular complexity index is 966. The third-order valence-electron chi connectivity index (χ3n) is 5.31. The van der Waals surface area contributed by atoms with E-state index in [1.807, 2.05) is 6.92 Å². The number of rotatable bonds is 11. The second kappa shape index (κ2) is 11.8. The molecule has 0 spiro atoms. The van der Waals surface area contributed by atoms with E-state index in [0.29, 0.717) is 59.3 Å². The zero-order chi connectivity index (χ0) is 23.8. The molecule has 1 aromatic heterocycles. The van der Waals surface area contributed by atoms with Gasteiger partial charge in [-0.15, -0.1) is 0 Å². The summed E-state index contributed by atoms with van der Waals surface area (Å²) in [5.41, 5.74) is 2.45. The first kappa shape index (κ1) is 25.6. The van der Waals surface area contributed by atoms with Crippen LogP contribution in [0.1, 0.15) is 62.7 Å². The third-order valence-corrected chi connectivity index (χ3v) is 5.56. The molecule has 174 valence electrons. The van der Waals surface area contributed by atoms with Crippen LogP contribution < -0.4 is 0 Å². The number of aromatic nitrogens is 1. The van der Waals surface area contributed by atoms with E-state index in [9.17, 15) is 14.4 Å². The topological polar surface area (TPSA) is 77.8 Å². The number of hydrogen-bond acceptors (Lipinski definition) is 5. The molecule has 0 aliphatic carbocycles. The Morgan fingerprint density at radius 3 is 2.31 bits per heavy atom. The molecule has 2 rings (SSSR count). The predicted molar refractivity (Wildman–Crippen MR) is 124 cm³/mol. The van der Waals surface area contributed by atoms with Crippen molar-refractivity contribution in [3.8, 4) is 0 Å². The Balaban J connectivity index is 2.31. The molecule has 2 aromatic rings. The maximum atomic E-state index is 13.3. The van der Waals surface area contributed by atoms with Gasteiger partial charge in [-0.3, -0.25) is 9.59 Å². The van der Waals surface area contributed by atoms with E-state index in [-0.39, 0.29) is 24.8 Å². The summed E-state index contributed by atoms with van der Waals surface area (Å²) in [5.74, 6) is -0.964. The summed E-state index contributed by atoms with van der Waals surface area (Å²) < 4.78 is 12.2. The van der Waals surface area contributed by atoms with E-state index in [0.717, 1.165) is 0 Å². The average Bonchev–Trinajstić information content (AvgIpc) is 2.98. The minimum atomic E-state index is -0.472. The van der Waals surface area contributed by atoms with Crippen molar-refractivity contribution in [1.29, 1.82) is 0 Å². The van der Waals surface area contributed by atoms with Crippen LogP contribution in [0.4, 0.5) is 0 Å². The average molecular weight is 463 g/mol. The minimum absolute atomic E-state index is 0.110. The van der Waals surface area contributed by atoms with Crippen molar-refractivity contribution >= 4 is 29.3 Å². The molecule has 0 bridgehead atoms. The van der Waals surface area contributed by atoms with Crippen LogP contribution in [-0.4, -0.2) is 60.0 Å². The third kappa shape index (κ3) is 5.99. The number of ether oxygens (including phenoxy) is 2. The lowest BCUT2D eigenvalue weighted by Crippen LogP contribution is -2.37. The molecule has 0 saturated carbocycles. The van der Waals surface area contributed by atoms with Gasteiger partial charge in [-0.2, -0.15) is 0 Å². The number of amides is 1. The van der Waals surface area contributed by atoms with Crippen molar-refractivity contribution in [2.24, 2.45) is 7.05 Å². The van der Waals surface area contributed by atoms with Crippen LogP contribution >= 0.6 is 11.6 Å². The molecule has 1 amide bonds. The van der Waals surface area contributed by atoms with Gasteiger partial charge in [-0.05, 0) is 63.9 Å². The van der Waals surface area contributed by atoms with E-state index in [2.05, 4.69) is 0 Å². The number of hydrogen-bond donors (Lipinski definition) is 0. The van der Waals surface area contributed by atoms with Crippen molar-refractivity contribution < 1.29 is 23.9 Å². The van der Waals surface area contributed by atoms with Crippen LogP contribution in [-0.2, 0) is 16.5 Å². The molecule has 0 atom stereocenters. The Labute approximate surface area is 194 Å². The Hall–Kier alpha value is -2.64. The number of benzene rings is 1. The van der Waals surface area contributed by atoms with Gasteiger partial charge in [0, 0.05) is 48.6 Å². The monoisotopic (exact) mass is 462 g/mol. The van der Waals surface area contributed by atoms with Crippen LogP contribution in [0.15, 0.2) is 24.3 Å². The van der Waals surface area contributed by atoms with Gasteiger partial charge in [-0.25, -0.2) is 4.79 Å². The first-order valence-electron chi connectivity index (χ1n) is 10.7. The van der Waals surface area contributed by atoms with Crippen LogP contribution in [0.5, 0.6) is 0 Å². The highest BCUT2D eigenvalue weighted by molar-refractivity contribution is 6.30. The molecule has 0 saturated heterocycles. The SMILES string of the molecule is CCOCCCN(CC(=O)c1c(C)c(C(=O)OCC)n(C)c1C)C(=O)c1ccc(Cl)cc1. The van der Waals surface area contributed by atoms with Gasteiger partial charge in [0.05, 0.1) is 13.2 Å². The number of Topliss-reactive ketones (excluding diaryl/α,β-unsaturated/α-hetero) is 1. The first-order chi connectivity index (χ1) is 15.2. The summed E-state index contributed by atoms with van der Waals surface area (Å²) >= 11 is 5.94. The molecular formula is C24H31ClN2O5. The summed E-state index contributed by atoms with van der Waals surface area (Å²) in [6.45, 7) is 8.73. The van der Waals surface area contributed by atoms with Gasteiger partial charge >= 0.3 is 5.97 Å². The lowest BCUT2D eigenvalue weighted by molar-refractivity contribution is 0.0513. The Kier molecular flexibility index (Phi) is 9.47. The highest BCUT2D eigenvalue weighted by atomic mass is 35.5. The summed E-state index contributed by atoms with van der Waals surface area (Å²) in [6.07, 6.45) is 0.598. The van der Waals surface area contributed by atoms with E-state index in [1.165, 1.54) is 4.90 Å². The summed E-state index contributed by atoms with van der Waals surface area (Å²) in [4.78, 5) is 40.3. The fraction of sp³-hybridized carbons (Fsp3) is 0.458. The number of ketones is 1. The second-order valence-electron chi connectivity index (χ2n) is 7.42. The summed E-state index contributed by atoms with van der Waals surface area (Å²) in [6, 6.07) is 6.57.